The second-order valence-electron chi connectivity index (χ2n) is 1.17. The molecular formula is C5H5ClIN. The van der Waals surface area contributed by atoms with Crippen LogP contribution in [0.3, 0.4) is 0 Å². The minimum absolute atomic E-state index is 0. The van der Waals surface area contributed by atoms with E-state index in [-0.39, 0.29) is 12.4 Å². The van der Waals surface area contributed by atoms with E-state index >= 15 is 0 Å². The van der Waals surface area contributed by atoms with E-state index in [4.69, 9.17) is 0 Å². The smallest absolute Gasteiger partial charge is 0.0278 e. The van der Waals surface area contributed by atoms with Crippen LogP contribution in [0.2, 0.25) is 0 Å². The molecule has 0 aliphatic carbocycles. The van der Waals surface area contributed by atoms with Gasteiger partial charge in [-0.25, -0.2) is 0 Å². The van der Waals surface area contributed by atoms with Gasteiger partial charge in [-0.3, -0.25) is 4.98 Å². The Morgan fingerprint density at radius 2 is 1.75 bits per heavy atom. The van der Waals surface area contributed by atoms with Gasteiger partial charge in [0.2, 0.25) is 0 Å². The Balaban J connectivity index is 0.000000490. The third-order valence-electron chi connectivity index (χ3n) is 0.640. The first-order valence-electron chi connectivity index (χ1n) is 1.95. The van der Waals surface area contributed by atoms with Gasteiger partial charge in [0, 0.05) is 16.0 Å². The van der Waals surface area contributed by atoms with Crippen molar-refractivity contribution in [1.82, 2.24) is 4.98 Å². The van der Waals surface area contributed by atoms with E-state index in [0.717, 1.165) is 0 Å². The first-order valence-corrected chi connectivity index (χ1v) is 3.03. The molecule has 8 heavy (non-hydrogen) atoms. The Morgan fingerprint density at radius 1 is 1.25 bits per heavy atom. The first kappa shape index (κ1) is 8.17. The molecule has 0 fully saturated rings. The fourth-order valence-electron chi connectivity index (χ4n) is 0.334. The molecule has 1 aromatic rings. The highest BCUT2D eigenvalue weighted by Crippen LogP contribution is 1.97. The Labute approximate surface area is 68.1 Å². The predicted molar refractivity (Wildman–Crippen MR) is 44.2 cm³/mol. The number of halogens is 2. The molecule has 0 radical (unpaired) electrons. The number of pyridine rings is 1. The summed E-state index contributed by atoms with van der Waals surface area (Å²) in [6.07, 6.45) is 3.56. The van der Waals surface area contributed by atoms with Crippen molar-refractivity contribution in [1.29, 1.82) is 0 Å². The summed E-state index contributed by atoms with van der Waals surface area (Å²) in [5.41, 5.74) is 0. The molecule has 0 aliphatic rings. The molecule has 44 valence electrons. The molecule has 0 spiro atoms. The Bertz CT molecular complexity index is 142. The van der Waals surface area contributed by atoms with Crippen molar-refractivity contribution < 1.29 is 0 Å². The van der Waals surface area contributed by atoms with Crippen LogP contribution in [0.5, 0.6) is 0 Å². The van der Waals surface area contributed by atoms with E-state index in [1.165, 1.54) is 3.57 Å². The van der Waals surface area contributed by atoms with E-state index in [9.17, 15) is 0 Å². The van der Waals surface area contributed by atoms with Crippen molar-refractivity contribution in [2.45, 2.75) is 0 Å². The van der Waals surface area contributed by atoms with E-state index in [0.29, 0.717) is 0 Å². The highest BCUT2D eigenvalue weighted by Gasteiger charge is 1.75. The maximum atomic E-state index is 3.84. The summed E-state index contributed by atoms with van der Waals surface area (Å²) < 4.78 is 1.23. The molecule has 0 unspecified atom stereocenters. The maximum absolute atomic E-state index is 3.84. The minimum atomic E-state index is 0. The Hall–Kier alpha value is 0.170. The van der Waals surface area contributed by atoms with Crippen molar-refractivity contribution in [3.8, 4) is 0 Å². The van der Waals surface area contributed by atoms with Gasteiger partial charge in [0.25, 0.3) is 0 Å². The Morgan fingerprint density at radius 3 is 2.00 bits per heavy atom. The monoisotopic (exact) mass is 241 g/mol. The van der Waals surface area contributed by atoms with Crippen LogP contribution >= 0.6 is 35.0 Å². The van der Waals surface area contributed by atoms with Crippen LogP contribution < -0.4 is 0 Å². The van der Waals surface area contributed by atoms with Gasteiger partial charge >= 0.3 is 0 Å². The first-order chi connectivity index (χ1) is 3.39. The van der Waals surface area contributed by atoms with Gasteiger partial charge in [-0.15, -0.1) is 12.4 Å². The van der Waals surface area contributed by atoms with Crippen LogP contribution in [0.4, 0.5) is 0 Å². The Kier molecular flexibility index (Phi) is 4.18. The topological polar surface area (TPSA) is 12.9 Å². The second-order valence-corrected chi connectivity index (χ2v) is 2.41. The summed E-state index contributed by atoms with van der Waals surface area (Å²) in [5.74, 6) is 0. The quantitative estimate of drug-likeness (QED) is 0.634. The number of hydrogen-bond acceptors (Lipinski definition) is 1. The van der Waals surface area contributed by atoms with Crippen LogP contribution in [0.1, 0.15) is 0 Å². The fourth-order valence-corrected chi connectivity index (χ4v) is 0.655. The average Bonchev–Trinajstić information content (AvgIpc) is 1.69. The highest BCUT2D eigenvalue weighted by atomic mass is 127. The zero-order chi connectivity index (χ0) is 5.11. The van der Waals surface area contributed by atoms with Crippen LogP contribution in [-0.2, 0) is 0 Å². The van der Waals surface area contributed by atoms with Gasteiger partial charge in [0.15, 0.2) is 0 Å². The predicted octanol–water partition coefficient (Wildman–Crippen LogP) is 2.11. The van der Waals surface area contributed by atoms with Crippen LogP contribution in [0.15, 0.2) is 24.5 Å². The summed E-state index contributed by atoms with van der Waals surface area (Å²) >= 11 is 2.24. The van der Waals surface area contributed by atoms with Crippen molar-refractivity contribution in [2.24, 2.45) is 0 Å². The SMILES string of the molecule is Cl.Ic1ccncc1. The largest absolute Gasteiger partial charge is 0.265 e. The summed E-state index contributed by atoms with van der Waals surface area (Å²) in [4.78, 5) is 3.84. The summed E-state index contributed by atoms with van der Waals surface area (Å²) in [6, 6.07) is 3.92. The molecule has 0 amide bonds. The van der Waals surface area contributed by atoms with Crippen molar-refractivity contribution in [3.63, 3.8) is 0 Å². The molecule has 1 aromatic heterocycles. The van der Waals surface area contributed by atoms with Crippen molar-refractivity contribution in [3.05, 3.63) is 28.1 Å². The highest BCUT2D eigenvalue weighted by molar-refractivity contribution is 14.1. The standard InChI is InChI=1S/C5H4IN.ClH/c6-5-1-3-7-4-2-5;/h1-4H;1H. The van der Waals surface area contributed by atoms with Gasteiger partial charge in [-0.2, -0.15) is 0 Å². The number of rotatable bonds is 0. The molecule has 0 N–H and O–H groups in total. The zero-order valence-corrected chi connectivity index (χ0v) is 7.02. The van der Waals surface area contributed by atoms with Crippen LogP contribution in [0, 0.1) is 3.57 Å². The number of nitrogens with zero attached hydrogens (tertiary/aromatic N) is 1. The molecule has 0 aliphatic heterocycles. The molecule has 3 heteroatoms. The van der Waals surface area contributed by atoms with Gasteiger partial charge in [0.1, 0.15) is 0 Å². The normalized spacial score (nSPS) is 7.62. The lowest BCUT2D eigenvalue weighted by Crippen LogP contribution is -1.67. The van der Waals surface area contributed by atoms with E-state index < -0.39 is 0 Å². The lowest BCUT2D eigenvalue weighted by molar-refractivity contribution is 1.32. The van der Waals surface area contributed by atoms with Gasteiger partial charge in [0.05, 0.1) is 0 Å². The molecule has 0 atom stereocenters. The third kappa shape index (κ3) is 2.47. The summed E-state index contributed by atoms with van der Waals surface area (Å²) in [7, 11) is 0. The van der Waals surface area contributed by atoms with Gasteiger partial charge in [-0.1, -0.05) is 0 Å². The molecule has 1 nitrogen and oxygen atoms in total. The molecule has 1 heterocycles. The van der Waals surface area contributed by atoms with Crippen molar-refractivity contribution >= 4 is 35.0 Å². The molecular weight excluding hydrogens is 236 g/mol. The van der Waals surface area contributed by atoms with E-state index in [1.807, 2.05) is 12.1 Å². The number of aromatic nitrogens is 1. The fraction of sp³-hybridized carbons (Fsp3) is 0. The average molecular weight is 241 g/mol. The minimum Gasteiger partial charge on any atom is -0.265 e. The molecule has 0 bridgehead atoms. The van der Waals surface area contributed by atoms with Crippen LogP contribution in [-0.4, -0.2) is 4.98 Å². The lowest BCUT2D eigenvalue weighted by Gasteiger charge is -1.80. The second kappa shape index (κ2) is 4.09. The molecule has 0 saturated carbocycles. The van der Waals surface area contributed by atoms with Gasteiger partial charge in [-0.05, 0) is 34.7 Å². The van der Waals surface area contributed by atoms with E-state index in [2.05, 4.69) is 27.6 Å². The molecule has 1 rings (SSSR count). The third-order valence-corrected chi connectivity index (χ3v) is 1.36. The maximum Gasteiger partial charge on any atom is 0.0278 e. The molecule has 0 aromatic carbocycles. The van der Waals surface area contributed by atoms with E-state index in [1.54, 1.807) is 12.4 Å². The zero-order valence-electron chi connectivity index (χ0n) is 4.04. The van der Waals surface area contributed by atoms with Gasteiger partial charge < -0.3 is 0 Å². The lowest BCUT2D eigenvalue weighted by atomic mass is 10.5. The summed E-state index contributed by atoms with van der Waals surface area (Å²) in [5, 5.41) is 0. The summed E-state index contributed by atoms with van der Waals surface area (Å²) in [6.45, 7) is 0. The number of hydrogen-bond donors (Lipinski definition) is 0. The molecule has 0 saturated heterocycles. The van der Waals surface area contributed by atoms with Crippen LogP contribution in [0.25, 0.3) is 0 Å². The van der Waals surface area contributed by atoms with Crippen molar-refractivity contribution in [2.75, 3.05) is 0 Å².